The van der Waals surface area contributed by atoms with Gasteiger partial charge in [-0.2, -0.15) is 0 Å². The second kappa shape index (κ2) is 7.59. The molecule has 2 aromatic carbocycles. The van der Waals surface area contributed by atoms with Crippen LogP contribution in [0.2, 0.25) is 0 Å². The van der Waals surface area contributed by atoms with Crippen LogP contribution in [0.3, 0.4) is 0 Å². The Balaban J connectivity index is 1.24. The predicted octanol–water partition coefficient (Wildman–Crippen LogP) is 4.61. The number of carbonyl (C=O) groups is 1. The standard InChI is InChI=1S/C23H21N5O3S/c1-13(22(29)25-14-6-9-19-20(10-14)31-12-30-19)32-23-27-26-21(28(23)15-7-8-15)17-11-24-18-5-3-2-4-16(17)18/h2-6,9-11,13,15,24H,7-8,12H2,1H3,(H,25,29)/t13-/m1/s1. The summed E-state index contributed by atoms with van der Waals surface area (Å²) >= 11 is 1.43. The van der Waals surface area contributed by atoms with Gasteiger partial charge in [0.25, 0.3) is 0 Å². The van der Waals surface area contributed by atoms with E-state index in [2.05, 4.69) is 37.2 Å². The first-order chi connectivity index (χ1) is 15.7. The summed E-state index contributed by atoms with van der Waals surface area (Å²) in [6, 6.07) is 13.9. The molecule has 2 N–H and O–H groups in total. The van der Waals surface area contributed by atoms with Crippen LogP contribution in [0.1, 0.15) is 25.8 Å². The van der Waals surface area contributed by atoms with E-state index >= 15 is 0 Å². The molecule has 0 bridgehead atoms. The molecule has 1 saturated carbocycles. The average Bonchev–Trinajstić information content (AvgIpc) is 3.20. The van der Waals surface area contributed by atoms with Crippen molar-refractivity contribution in [2.45, 2.75) is 36.2 Å². The fraction of sp³-hybridized carbons (Fsp3) is 0.261. The van der Waals surface area contributed by atoms with Crippen LogP contribution in [-0.4, -0.2) is 37.7 Å². The maximum atomic E-state index is 12.9. The van der Waals surface area contributed by atoms with Gasteiger partial charge in [-0.1, -0.05) is 30.0 Å². The molecule has 2 aliphatic rings. The van der Waals surface area contributed by atoms with E-state index in [9.17, 15) is 4.79 Å². The van der Waals surface area contributed by atoms with Crippen molar-refractivity contribution in [1.29, 1.82) is 0 Å². The lowest BCUT2D eigenvalue weighted by Crippen LogP contribution is -2.22. The number of para-hydroxylation sites is 1. The van der Waals surface area contributed by atoms with Gasteiger partial charge in [0.15, 0.2) is 22.5 Å². The Labute approximate surface area is 188 Å². The van der Waals surface area contributed by atoms with Gasteiger partial charge in [-0.25, -0.2) is 0 Å². The number of aromatic amines is 1. The highest BCUT2D eigenvalue weighted by Gasteiger charge is 2.32. The van der Waals surface area contributed by atoms with E-state index in [4.69, 9.17) is 9.47 Å². The van der Waals surface area contributed by atoms with Crippen LogP contribution in [0.25, 0.3) is 22.3 Å². The van der Waals surface area contributed by atoms with E-state index in [0.717, 1.165) is 40.3 Å². The number of ether oxygens (including phenoxy) is 2. The monoisotopic (exact) mass is 447 g/mol. The number of hydrogen-bond acceptors (Lipinski definition) is 6. The molecule has 6 rings (SSSR count). The second-order valence-electron chi connectivity index (χ2n) is 7.97. The van der Waals surface area contributed by atoms with Gasteiger partial charge in [0.05, 0.1) is 5.25 Å². The van der Waals surface area contributed by atoms with Crippen molar-refractivity contribution in [2.75, 3.05) is 12.1 Å². The van der Waals surface area contributed by atoms with Crippen LogP contribution in [-0.2, 0) is 4.79 Å². The van der Waals surface area contributed by atoms with E-state index in [1.54, 1.807) is 12.1 Å². The van der Waals surface area contributed by atoms with E-state index in [0.29, 0.717) is 23.2 Å². The molecule has 2 aromatic heterocycles. The fourth-order valence-corrected chi connectivity index (χ4v) is 4.81. The minimum absolute atomic E-state index is 0.104. The molecular weight excluding hydrogens is 426 g/mol. The van der Waals surface area contributed by atoms with Crippen molar-refractivity contribution >= 4 is 34.3 Å². The Kier molecular flexibility index (Phi) is 4.57. The number of H-pyrrole nitrogens is 1. The number of amides is 1. The maximum Gasteiger partial charge on any atom is 0.237 e. The van der Waals surface area contributed by atoms with Crippen LogP contribution in [0.5, 0.6) is 11.5 Å². The number of rotatable bonds is 6. The van der Waals surface area contributed by atoms with Gasteiger partial charge in [-0.05, 0) is 38.0 Å². The number of aromatic nitrogens is 4. The third kappa shape index (κ3) is 3.38. The van der Waals surface area contributed by atoms with E-state index in [1.807, 2.05) is 31.3 Å². The first kappa shape index (κ1) is 19.2. The zero-order chi connectivity index (χ0) is 21.7. The number of hydrogen-bond donors (Lipinski definition) is 2. The summed E-state index contributed by atoms with van der Waals surface area (Å²) in [6.07, 6.45) is 4.18. The second-order valence-corrected chi connectivity index (χ2v) is 9.28. The number of thioether (sulfide) groups is 1. The number of fused-ring (bicyclic) bond motifs is 2. The summed E-state index contributed by atoms with van der Waals surface area (Å²) in [5, 5.41) is 13.5. The quantitative estimate of drug-likeness (QED) is 0.419. The van der Waals surface area contributed by atoms with Crippen molar-refractivity contribution in [2.24, 2.45) is 0 Å². The zero-order valence-corrected chi connectivity index (χ0v) is 18.2. The largest absolute Gasteiger partial charge is 0.454 e. The van der Waals surface area contributed by atoms with Gasteiger partial charge >= 0.3 is 0 Å². The molecule has 1 aliphatic carbocycles. The van der Waals surface area contributed by atoms with Gasteiger partial charge in [-0.15, -0.1) is 10.2 Å². The van der Waals surface area contributed by atoms with Crippen molar-refractivity contribution < 1.29 is 14.3 Å². The first-order valence-corrected chi connectivity index (χ1v) is 11.4. The molecule has 1 amide bonds. The number of nitrogens with zero attached hydrogens (tertiary/aromatic N) is 3. The molecule has 4 aromatic rings. The van der Waals surface area contributed by atoms with Crippen LogP contribution >= 0.6 is 11.8 Å². The minimum atomic E-state index is -0.349. The lowest BCUT2D eigenvalue weighted by molar-refractivity contribution is -0.115. The average molecular weight is 448 g/mol. The number of benzene rings is 2. The lowest BCUT2D eigenvalue weighted by Gasteiger charge is -2.13. The Bertz CT molecular complexity index is 1330. The van der Waals surface area contributed by atoms with Crippen molar-refractivity contribution in [3.05, 3.63) is 48.7 Å². The normalized spacial score (nSPS) is 15.8. The Morgan fingerprint density at radius 2 is 2.03 bits per heavy atom. The maximum absolute atomic E-state index is 12.9. The third-order valence-electron chi connectivity index (χ3n) is 5.70. The Morgan fingerprint density at radius 3 is 2.91 bits per heavy atom. The molecule has 1 fully saturated rings. The molecule has 9 heteroatoms. The van der Waals surface area contributed by atoms with E-state index < -0.39 is 0 Å². The molecular formula is C23H21N5O3S. The molecule has 1 atom stereocenters. The summed E-state index contributed by atoms with van der Waals surface area (Å²) in [5.74, 6) is 2.07. The lowest BCUT2D eigenvalue weighted by atomic mass is 10.1. The van der Waals surface area contributed by atoms with E-state index in [1.165, 1.54) is 11.8 Å². The first-order valence-electron chi connectivity index (χ1n) is 10.6. The summed E-state index contributed by atoms with van der Waals surface area (Å²) < 4.78 is 12.9. The van der Waals surface area contributed by atoms with Gasteiger partial charge in [0.1, 0.15) is 0 Å². The molecule has 162 valence electrons. The van der Waals surface area contributed by atoms with Crippen molar-refractivity contribution in [1.82, 2.24) is 19.7 Å². The highest BCUT2D eigenvalue weighted by molar-refractivity contribution is 8.00. The van der Waals surface area contributed by atoms with Crippen LogP contribution < -0.4 is 14.8 Å². The van der Waals surface area contributed by atoms with Crippen molar-refractivity contribution in [3.63, 3.8) is 0 Å². The summed E-state index contributed by atoms with van der Waals surface area (Å²) in [6.45, 7) is 2.08. The summed E-state index contributed by atoms with van der Waals surface area (Å²) in [5.41, 5.74) is 2.78. The zero-order valence-electron chi connectivity index (χ0n) is 17.4. The molecule has 0 radical (unpaired) electrons. The highest BCUT2D eigenvalue weighted by atomic mass is 32.2. The van der Waals surface area contributed by atoms with Gasteiger partial charge in [0.2, 0.25) is 12.7 Å². The van der Waals surface area contributed by atoms with Crippen molar-refractivity contribution in [3.8, 4) is 22.9 Å². The minimum Gasteiger partial charge on any atom is -0.454 e. The molecule has 0 spiro atoms. The molecule has 32 heavy (non-hydrogen) atoms. The Hall–Kier alpha value is -3.46. The summed E-state index contributed by atoms with van der Waals surface area (Å²) in [4.78, 5) is 16.2. The van der Waals surface area contributed by atoms with Gasteiger partial charge in [0, 0.05) is 40.5 Å². The van der Waals surface area contributed by atoms with Crippen LogP contribution in [0.4, 0.5) is 5.69 Å². The molecule has 1 aliphatic heterocycles. The summed E-state index contributed by atoms with van der Waals surface area (Å²) in [7, 11) is 0. The topological polar surface area (TPSA) is 94.1 Å². The van der Waals surface area contributed by atoms with Gasteiger partial charge < -0.3 is 19.8 Å². The molecule has 0 saturated heterocycles. The van der Waals surface area contributed by atoms with E-state index in [-0.39, 0.29) is 18.0 Å². The molecule has 3 heterocycles. The SMILES string of the molecule is C[C@@H](Sc1nnc(-c2c[nH]c3ccccc23)n1C1CC1)C(=O)Nc1ccc2c(c1)OCO2. The predicted molar refractivity (Wildman–Crippen MR) is 122 cm³/mol. The fourth-order valence-electron chi connectivity index (χ4n) is 3.89. The van der Waals surface area contributed by atoms with Crippen LogP contribution in [0, 0.1) is 0 Å². The number of carbonyl (C=O) groups excluding carboxylic acids is 1. The smallest absolute Gasteiger partial charge is 0.237 e. The van der Waals surface area contributed by atoms with Gasteiger partial charge in [-0.3, -0.25) is 9.36 Å². The Morgan fingerprint density at radius 1 is 1.19 bits per heavy atom. The van der Waals surface area contributed by atoms with Crippen LogP contribution in [0.15, 0.2) is 53.8 Å². The number of anilines is 1. The highest BCUT2D eigenvalue weighted by Crippen LogP contribution is 2.43. The molecule has 0 unspecified atom stereocenters. The molecule has 8 nitrogen and oxygen atoms in total. The third-order valence-corrected chi connectivity index (χ3v) is 6.76. The number of nitrogens with one attached hydrogen (secondary N) is 2.